The van der Waals surface area contributed by atoms with E-state index in [1.807, 2.05) is 0 Å². The van der Waals surface area contributed by atoms with Crippen LogP contribution in [0.5, 0.6) is 0 Å². The topological polar surface area (TPSA) is 63.8 Å². The Kier molecular flexibility index (Phi) is 3.83. The highest BCUT2D eigenvalue weighted by atomic mass is 79.9. The smallest absolute Gasteiger partial charge is 0.163 e. The van der Waals surface area contributed by atoms with Gasteiger partial charge in [0.15, 0.2) is 5.82 Å². The number of hydrogen-bond donors (Lipinski definition) is 2. The molecule has 7 heteroatoms. The van der Waals surface area contributed by atoms with E-state index in [0.29, 0.717) is 11.4 Å². The molecular formula is C11H8BrFN4S. The molecule has 1 heterocycles. The van der Waals surface area contributed by atoms with E-state index in [-0.39, 0.29) is 10.7 Å². The Hall–Kier alpha value is -1.60. The zero-order valence-corrected chi connectivity index (χ0v) is 11.4. The number of nitrogens with two attached hydrogens (primary N) is 1. The van der Waals surface area contributed by atoms with Crippen LogP contribution in [-0.2, 0) is 0 Å². The summed E-state index contributed by atoms with van der Waals surface area (Å²) in [7, 11) is 0. The van der Waals surface area contributed by atoms with E-state index in [9.17, 15) is 4.39 Å². The number of anilines is 2. The lowest BCUT2D eigenvalue weighted by atomic mass is 10.2. The molecular weight excluding hydrogens is 319 g/mol. The van der Waals surface area contributed by atoms with Crippen LogP contribution >= 0.6 is 28.1 Å². The van der Waals surface area contributed by atoms with Gasteiger partial charge in [0.1, 0.15) is 10.8 Å². The quantitative estimate of drug-likeness (QED) is 0.849. The number of benzene rings is 1. The fraction of sp³-hybridized carbons (Fsp3) is 0. The summed E-state index contributed by atoms with van der Waals surface area (Å²) in [6.45, 7) is 0. The summed E-state index contributed by atoms with van der Waals surface area (Å²) >= 11 is 8.16. The molecule has 0 amide bonds. The van der Waals surface area contributed by atoms with E-state index >= 15 is 0 Å². The third-order valence-corrected chi connectivity index (χ3v) is 2.88. The fourth-order valence-electron chi connectivity index (χ4n) is 1.34. The second-order valence-electron chi connectivity index (χ2n) is 3.41. The van der Waals surface area contributed by atoms with Crippen molar-refractivity contribution in [2.24, 2.45) is 5.73 Å². The van der Waals surface area contributed by atoms with Crippen LogP contribution in [0.2, 0.25) is 0 Å². The van der Waals surface area contributed by atoms with Crippen molar-refractivity contribution in [3.05, 3.63) is 46.3 Å². The summed E-state index contributed by atoms with van der Waals surface area (Å²) in [4.78, 5) is 0.169. The zero-order valence-electron chi connectivity index (χ0n) is 9.02. The minimum atomic E-state index is -0.405. The Bertz CT molecular complexity index is 605. The SMILES string of the molecule is NC(=S)c1ccnnc1Nc1cc(Br)ccc1F. The Balaban J connectivity index is 2.40. The largest absolute Gasteiger partial charge is 0.389 e. The normalized spacial score (nSPS) is 10.1. The lowest BCUT2D eigenvalue weighted by molar-refractivity contribution is 0.631. The van der Waals surface area contributed by atoms with Crippen molar-refractivity contribution in [2.45, 2.75) is 0 Å². The number of aromatic nitrogens is 2. The summed E-state index contributed by atoms with van der Waals surface area (Å²) in [6.07, 6.45) is 1.47. The molecule has 2 aromatic rings. The van der Waals surface area contributed by atoms with Gasteiger partial charge in [-0.3, -0.25) is 0 Å². The van der Waals surface area contributed by atoms with Gasteiger partial charge in [0.2, 0.25) is 0 Å². The first-order valence-electron chi connectivity index (χ1n) is 4.91. The molecule has 0 aliphatic carbocycles. The highest BCUT2D eigenvalue weighted by Gasteiger charge is 2.10. The van der Waals surface area contributed by atoms with Gasteiger partial charge >= 0.3 is 0 Å². The molecule has 0 bridgehead atoms. The Morgan fingerprint density at radius 2 is 2.17 bits per heavy atom. The molecule has 0 aliphatic rings. The van der Waals surface area contributed by atoms with Crippen molar-refractivity contribution in [2.75, 3.05) is 5.32 Å². The first-order chi connectivity index (χ1) is 8.58. The first kappa shape index (κ1) is 12.8. The molecule has 2 rings (SSSR count). The molecule has 0 unspecified atom stereocenters. The predicted molar refractivity (Wildman–Crippen MR) is 75.3 cm³/mol. The van der Waals surface area contributed by atoms with Crippen LogP contribution in [0.3, 0.4) is 0 Å². The molecule has 92 valence electrons. The summed E-state index contributed by atoms with van der Waals surface area (Å²) in [5, 5.41) is 10.4. The van der Waals surface area contributed by atoms with Crippen molar-refractivity contribution >= 4 is 44.6 Å². The van der Waals surface area contributed by atoms with Gasteiger partial charge in [-0.1, -0.05) is 28.1 Å². The molecule has 0 saturated carbocycles. The van der Waals surface area contributed by atoms with E-state index in [4.69, 9.17) is 18.0 Å². The van der Waals surface area contributed by atoms with Gasteiger partial charge < -0.3 is 11.1 Å². The summed E-state index contributed by atoms with van der Waals surface area (Å²) in [6, 6.07) is 6.15. The maximum atomic E-state index is 13.6. The average Bonchev–Trinajstić information content (AvgIpc) is 2.34. The Morgan fingerprint density at radius 3 is 2.89 bits per heavy atom. The van der Waals surface area contributed by atoms with Crippen molar-refractivity contribution in [1.29, 1.82) is 0 Å². The number of rotatable bonds is 3. The fourth-order valence-corrected chi connectivity index (χ4v) is 1.87. The molecule has 0 aliphatic heterocycles. The molecule has 0 fully saturated rings. The maximum absolute atomic E-state index is 13.6. The van der Waals surface area contributed by atoms with Crippen molar-refractivity contribution in [1.82, 2.24) is 10.2 Å². The predicted octanol–water partition coefficient (Wildman–Crippen LogP) is 2.76. The third kappa shape index (κ3) is 2.80. The van der Waals surface area contributed by atoms with Crippen molar-refractivity contribution in [3.8, 4) is 0 Å². The number of nitrogens with zero attached hydrogens (tertiary/aromatic N) is 2. The van der Waals surface area contributed by atoms with Gasteiger partial charge in [-0.2, -0.15) is 5.10 Å². The van der Waals surface area contributed by atoms with E-state index in [2.05, 4.69) is 31.4 Å². The van der Waals surface area contributed by atoms with Gasteiger partial charge in [0.25, 0.3) is 0 Å². The van der Waals surface area contributed by atoms with Crippen LogP contribution in [0.4, 0.5) is 15.9 Å². The van der Waals surface area contributed by atoms with Crippen molar-refractivity contribution in [3.63, 3.8) is 0 Å². The van der Waals surface area contributed by atoms with Gasteiger partial charge in [0, 0.05) is 4.47 Å². The van der Waals surface area contributed by atoms with Gasteiger partial charge in [-0.25, -0.2) is 4.39 Å². The molecule has 1 aromatic heterocycles. The molecule has 1 aromatic carbocycles. The minimum absolute atomic E-state index is 0.169. The van der Waals surface area contributed by atoms with E-state index in [1.54, 1.807) is 18.2 Å². The van der Waals surface area contributed by atoms with Gasteiger partial charge in [-0.05, 0) is 24.3 Å². The molecule has 0 saturated heterocycles. The third-order valence-electron chi connectivity index (χ3n) is 2.17. The lowest BCUT2D eigenvalue weighted by Gasteiger charge is -2.09. The molecule has 0 atom stereocenters. The van der Waals surface area contributed by atoms with Crippen LogP contribution in [0.1, 0.15) is 5.56 Å². The van der Waals surface area contributed by atoms with E-state index in [1.165, 1.54) is 12.3 Å². The van der Waals surface area contributed by atoms with E-state index < -0.39 is 5.82 Å². The highest BCUT2D eigenvalue weighted by molar-refractivity contribution is 9.10. The summed E-state index contributed by atoms with van der Waals surface area (Å²) in [5.74, 6) is -0.0836. The Labute approximate surface area is 117 Å². The standard InChI is InChI=1S/C11H8BrFN4S/c12-6-1-2-8(13)9(5-6)16-11-7(10(14)18)3-4-15-17-11/h1-5H,(H2,14,18)(H,16,17). The molecule has 3 N–H and O–H groups in total. The van der Waals surface area contributed by atoms with Gasteiger partial charge in [-0.15, -0.1) is 5.10 Å². The monoisotopic (exact) mass is 326 g/mol. The molecule has 4 nitrogen and oxygen atoms in total. The lowest BCUT2D eigenvalue weighted by Crippen LogP contribution is -2.13. The zero-order chi connectivity index (χ0) is 13.1. The minimum Gasteiger partial charge on any atom is -0.389 e. The molecule has 18 heavy (non-hydrogen) atoms. The second-order valence-corrected chi connectivity index (χ2v) is 4.76. The highest BCUT2D eigenvalue weighted by Crippen LogP contribution is 2.24. The number of hydrogen-bond acceptors (Lipinski definition) is 4. The van der Waals surface area contributed by atoms with Gasteiger partial charge in [0.05, 0.1) is 17.4 Å². The number of thiocarbonyl (C=S) groups is 1. The summed E-state index contributed by atoms with van der Waals surface area (Å²) in [5.41, 5.74) is 6.34. The molecule has 0 spiro atoms. The van der Waals surface area contributed by atoms with Crippen LogP contribution < -0.4 is 11.1 Å². The maximum Gasteiger partial charge on any atom is 0.163 e. The van der Waals surface area contributed by atoms with Crippen molar-refractivity contribution < 1.29 is 4.39 Å². The first-order valence-corrected chi connectivity index (χ1v) is 6.11. The van der Waals surface area contributed by atoms with E-state index in [0.717, 1.165) is 4.47 Å². The second kappa shape index (κ2) is 5.36. The summed E-state index contributed by atoms with van der Waals surface area (Å²) < 4.78 is 14.3. The van der Waals surface area contributed by atoms with Crippen LogP contribution in [0.25, 0.3) is 0 Å². The number of halogens is 2. The van der Waals surface area contributed by atoms with Crippen LogP contribution in [0.15, 0.2) is 34.9 Å². The van der Waals surface area contributed by atoms with Crippen LogP contribution in [-0.4, -0.2) is 15.2 Å². The number of nitrogens with one attached hydrogen (secondary N) is 1. The average molecular weight is 327 g/mol. The Morgan fingerprint density at radius 1 is 1.39 bits per heavy atom. The van der Waals surface area contributed by atoms with Crippen LogP contribution in [0, 0.1) is 5.82 Å². The molecule has 0 radical (unpaired) electrons.